The summed E-state index contributed by atoms with van der Waals surface area (Å²) in [5, 5.41) is 12.3. The van der Waals surface area contributed by atoms with Gasteiger partial charge < -0.3 is 5.11 Å². The van der Waals surface area contributed by atoms with Crippen molar-refractivity contribution in [3.63, 3.8) is 0 Å². The number of rotatable bonds is 6. The lowest BCUT2D eigenvalue weighted by atomic mass is 10.2. The molecule has 0 fully saturated rings. The minimum Gasteiger partial charge on any atom is -0.393 e. The fourth-order valence-electron chi connectivity index (χ4n) is 3.42. The molecule has 2 aromatic rings. The third-order valence-corrected chi connectivity index (χ3v) is 11.4. The summed E-state index contributed by atoms with van der Waals surface area (Å²) in [6.45, 7) is 13.5. The Kier molecular flexibility index (Phi) is 7.59. The Labute approximate surface area is 171 Å². The molecule has 0 aliphatic heterocycles. The third-order valence-electron chi connectivity index (χ3n) is 4.79. The highest BCUT2D eigenvalue weighted by Gasteiger charge is 2.41. The Morgan fingerprint density at radius 2 is 1.37 bits per heavy atom. The molecule has 2 rings (SSSR count). The smallest absolute Gasteiger partial charge is 0.129 e. The quantitative estimate of drug-likeness (QED) is 0.390. The summed E-state index contributed by atoms with van der Waals surface area (Å²) in [5.41, 5.74) is 3.73. The summed E-state index contributed by atoms with van der Waals surface area (Å²) in [4.78, 5) is 1.22. The monoisotopic (exact) mass is 412 g/mol. The maximum absolute atomic E-state index is 10.9. The fraction of sp³-hybridized carbons (Fsp3) is 0.391. The van der Waals surface area contributed by atoms with E-state index in [9.17, 15) is 5.11 Å². The van der Waals surface area contributed by atoms with Gasteiger partial charge in [-0.25, -0.2) is 0 Å². The zero-order chi connectivity index (χ0) is 20.1. The summed E-state index contributed by atoms with van der Waals surface area (Å²) < 4.78 is 0. The summed E-state index contributed by atoms with van der Waals surface area (Å²) >= 11 is 1.81. The number of hydrogen-bond acceptors (Lipinski definition) is 2. The van der Waals surface area contributed by atoms with Gasteiger partial charge in [-0.2, -0.15) is 0 Å². The Morgan fingerprint density at radius 1 is 0.852 bits per heavy atom. The lowest BCUT2D eigenvalue weighted by Crippen LogP contribution is -2.52. The lowest BCUT2D eigenvalue weighted by Gasteiger charge is -2.38. The van der Waals surface area contributed by atoms with Crippen molar-refractivity contribution in [2.75, 3.05) is 0 Å². The Morgan fingerprint density at radius 3 is 1.85 bits per heavy atom. The molecule has 0 amide bonds. The van der Waals surface area contributed by atoms with E-state index in [2.05, 4.69) is 98.8 Å². The van der Waals surface area contributed by atoms with E-state index in [1.54, 1.807) is 0 Å². The van der Waals surface area contributed by atoms with Gasteiger partial charge in [0.1, 0.15) is 8.07 Å². The van der Waals surface area contributed by atoms with Crippen molar-refractivity contribution >= 4 is 33.1 Å². The standard InChI is InChI=1S/C23H32OSSi2/c1-19(24)23(27(5,6)21-15-11-8-12-16-21)22(17-18-26(2,3)4)25-20-13-9-7-10-14-20/h7-16,19,22-24H,1-6H3. The molecule has 0 bridgehead atoms. The molecule has 0 aromatic heterocycles. The molecule has 0 heterocycles. The van der Waals surface area contributed by atoms with E-state index in [0.29, 0.717) is 0 Å². The van der Waals surface area contributed by atoms with Gasteiger partial charge in [-0.15, -0.1) is 17.3 Å². The first kappa shape index (κ1) is 22.0. The summed E-state index contributed by atoms with van der Waals surface area (Å²) in [7, 11) is -3.44. The van der Waals surface area contributed by atoms with Crippen LogP contribution in [0, 0.1) is 11.5 Å². The van der Waals surface area contributed by atoms with Crippen molar-refractivity contribution in [1.82, 2.24) is 0 Å². The summed E-state index contributed by atoms with van der Waals surface area (Å²) in [6, 6.07) is 21.2. The van der Waals surface area contributed by atoms with Gasteiger partial charge in [0.05, 0.1) is 19.4 Å². The zero-order valence-corrected chi connectivity index (χ0v) is 20.2. The van der Waals surface area contributed by atoms with Crippen LogP contribution >= 0.6 is 11.8 Å². The van der Waals surface area contributed by atoms with Gasteiger partial charge in [-0.05, 0) is 19.1 Å². The van der Waals surface area contributed by atoms with Crippen molar-refractivity contribution in [3.8, 4) is 11.5 Å². The Hall–Kier alpha value is -1.26. The first-order valence-electron chi connectivity index (χ1n) is 9.59. The second-order valence-corrected chi connectivity index (χ2v) is 19.4. The predicted molar refractivity (Wildman–Crippen MR) is 126 cm³/mol. The lowest BCUT2D eigenvalue weighted by molar-refractivity contribution is 0.185. The van der Waals surface area contributed by atoms with Crippen LogP contribution in [0.4, 0.5) is 0 Å². The summed E-state index contributed by atoms with van der Waals surface area (Å²) in [5.74, 6) is 3.61. The molecular formula is C23H32OSSi2. The van der Waals surface area contributed by atoms with Crippen LogP contribution in [0.2, 0.25) is 38.3 Å². The van der Waals surface area contributed by atoms with Crippen LogP contribution in [-0.4, -0.2) is 32.6 Å². The van der Waals surface area contributed by atoms with Gasteiger partial charge in [0.15, 0.2) is 0 Å². The van der Waals surface area contributed by atoms with Crippen LogP contribution in [0.25, 0.3) is 0 Å². The molecule has 144 valence electrons. The molecule has 27 heavy (non-hydrogen) atoms. The van der Waals surface area contributed by atoms with E-state index in [1.165, 1.54) is 10.1 Å². The minimum atomic E-state index is -1.94. The van der Waals surface area contributed by atoms with E-state index < -0.39 is 22.3 Å². The topological polar surface area (TPSA) is 20.2 Å². The number of aliphatic hydroxyl groups excluding tert-OH is 1. The molecule has 3 atom stereocenters. The van der Waals surface area contributed by atoms with Crippen molar-refractivity contribution in [2.24, 2.45) is 0 Å². The zero-order valence-electron chi connectivity index (χ0n) is 17.4. The fourth-order valence-corrected chi connectivity index (χ4v) is 9.92. The van der Waals surface area contributed by atoms with Gasteiger partial charge in [-0.1, -0.05) is 92.4 Å². The van der Waals surface area contributed by atoms with Crippen molar-refractivity contribution in [3.05, 3.63) is 60.7 Å². The van der Waals surface area contributed by atoms with E-state index in [4.69, 9.17) is 0 Å². The largest absolute Gasteiger partial charge is 0.393 e. The highest BCUT2D eigenvalue weighted by atomic mass is 32.2. The molecule has 0 radical (unpaired) electrons. The molecule has 0 aliphatic carbocycles. The molecule has 0 aliphatic rings. The number of aliphatic hydroxyl groups is 1. The Bertz CT molecular complexity index is 771. The number of benzene rings is 2. The normalized spacial score (nSPS) is 15.4. The average molecular weight is 413 g/mol. The molecule has 0 saturated carbocycles. The molecule has 0 saturated heterocycles. The van der Waals surface area contributed by atoms with Gasteiger partial charge in [0.2, 0.25) is 0 Å². The highest BCUT2D eigenvalue weighted by Crippen LogP contribution is 2.39. The average Bonchev–Trinajstić information content (AvgIpc) is 2.60. The van der Waals surface area contributed by atoms with E-state index in [0.717, 1.165) is 0 Å². The second-order valence-electron chi connectivity index (χ2n) is 8.72. The molecular weight excluding hydrogens is 380 g/mol. The predicted octanol–water partition coefficient (Wildman–Crippen LogP) is 5.39. The van der Waals surface area contributed by atoms with E-state index in [1.807, 2.05) is 24.8 Å². The van der Waals surface area contributed by atoms with Crippen LogP contribution < -0.4 is 5.19 Å². The van der Waals surface area contributed by atoms with E-state index in [-0.39, 0.29) is 10.8 Å². The van der Waals surface area contributed by atoms with Gasteiger partial charge >= 0.3 is 0 Å². The maximum Gasteiger partial charge on any atom is 0.129 e. The molecule has 2 aromatic carbocycles. The molecule has 3 unspecified atom stereocenters. The van der Waals surface area contributed by atoms with Crippen LogP contribution in [0.15, 0.2) is 65.6 Å². The van der Waals surface area contributed by atoms with Gasteiger partial charge in [-0.3, -0.25) is 0 Å². The number of hydrogen-bond donors (Lipinski definition) is 1. The molecule has 4 heteroatoms. The van der Waals surface area contributed by atoms with Crippen molar-refractivity contribution in [1.29, 1.82) is 0 Å². The third kappa shape index (κ3) is 6.39. The summed E-state index contributed by atoms with van der Waals surface area (Å²) in [6.07, 6.45) is -0.399. The molecule has 0 spiro atoms. The first-order valence-corrected chi connectivity index (χ1v) is 17.0. The van der Waals surface area contributed by atoms with Crippen LogP contribution in [0.3, 0.4) is 0 Å². The molecule has 1 N–H and O–H groups in total. The van der Waals surface area contributed by atoms with Crippen LogP contribution in [0.5, 0.6) is 0 Å². The van der Waals surface area contributed by atoms with Gasteiger partial charge in [0.25, 0.3) is 0 Å². The molecule has 1 nitrogen and oxygen atoms in total. The highest BCUT2D eigenvalue weighted by molar-refractivity contribution is 8.00. The van der Waals surface area contributed by atoms with Gasteiger partial charge in [0, 0.05) is 10.4 Å². The van der Waals surface area contributed by atoms with Crippen molar-refractivity contribution < 1.29 is 5.11 Å². The minimum absolute atomic E-state index is 0.0843. The first-order chi connectivity index (χ1) is 12.6. The van der Waals surface area contributed by atoms with Crippen LogP contribution in [0.1, 0.15) is 6.92 Å². The number of thioether (sulfide) groups is 1. The van der Waals surface area contributed by atoms with Crippen LogP contribution in [-0.2, 0) is 0 Å². The SMILES string of the molecule is CC(O)C(C(C#C[Si](C)(C)C)Sc1ccccc1)[Si](C)(C)c1ccccc1. The Balaban J connectivity index is 2.48. The maximum atomic E-state index is 10.9. The second kappa shape index (κ2) is 9.29. The van der Waals surface area contributed by atoms with E-state index >= 15 is 0 Å². The van der Waals surface area contributed by atoms with Crippen molar-refractivity contribution in [2.45, 2.75) is 61.4 Å².